The van der Waals surface area contributed by atoms with Crippen LogP contribution in [0.1, 0.15) is 32.3 Å². The Balaban J connectivity index is 2.03. The molecule has 0 radical (unpaired) electrons. The van der Waals surface area contributed by atoms with Crippen LogP contribution >= 0.6 is 23.4 Å². The van der Waals surface area contributed by atoms with Crippen LogP contribution in [0.25, 0.3) is 0 Å². The van der Waals surface area contributed by atoms with Gasteiger partial charge in [-0.05, 0) is 40.7 Å². The number of nitrogens with zero attached hydrogens (tertiary/aromatic N) is 1. The van der Waals surface area contributed by atoms with Crippen LogP contribution in [0.15, 0.2) is 34.7 Å². The van der Waals surface area contributed by atoms with E-state index in [1.165, 1.54) is 24.2 Å². The molecule has 0 fully saturated rings. The zero-order chi connectivity index (χ0) is 13.7. The Morgan fingerprint density at radius 3 is 2.74 bits per heavy atom. The molecule has 1 aliphatic heterocycles. The van der Waals surface area contributed by atoms with Gasteiger partial charge in [-0.15, -0.1) is 11.8 Å². The van der Waals surface area contributed by atoms with Gasteiger partial charge >= 0.3 is 0 Å². The molecule has 0 N–H and O–H groups in total. The molecule has 1 aromatic carbocycles. The van der Waals surface area contributed by atoms with Crippen molar-refractivity contribution in [3.63, 3.8) is 0 Å². The molecule has 2 rings (SSSR count). The van der Waals surface area contributed by atoms with Gasteiger partial charge in [0, 0.05) is 24.7 Å². The molecule has 0 aromatic heterocycles. The van der Waals surface area contributed by atoms with Gasteiger partial charge in [0.05, 0.1) is 0 Å². The molecule has 1 nitrogen and oxygen atoms in total. The van der Waals surface area contributed by atoms with Gasteiger partial charge < -0.3 is 0 Å². The van der Waals surface area contributed by atoms with Crippen LogP contribution in [0.5, 0.6) is 0 Å². The van der Waals surface area contributed by atoms with Crippen molar-refractivity contribution in [3.8, 4) is 0 Å². The highest BCUT2D eigenvalue weighted by Gasteiger charge is 2.18. The Morgan fingerprint density at radius 1 is 1.26 bits per heavy atom. The van der Waals surface area contributed by atoms with Crippen molar-refractivity contribution in [1.82, 2.24) is 4.90 Å². The van der Waals surface area contributed by atoms with Crippen molar-refractivity contribution >= 4 is 23.4 Å². The lowest BCUT2D eigenvalue weighted by atomic mass is 10.1. The molecular weight excluding hydrogens is 274 g/mol. The summed E-state index contributed by atoms with van der Waals surface area (Å²) in [6.07, 6.45) is 2.37. The summed E-state index contributed by atoms with van der Waals surface area (Å²) in [7, 11) is 0. The molecule has 0 amide bonds. The van der Waals surface area contributed by atoms with Gasteiger partial charge in [-0.1, -0.05) is 43.6 Å². The van der Waals surface area contributed by atoms with E-state index in [-0.39, 0.29) is 0 Å². The maximum absolute atomic E-state index is 6.25. The fourth-order valence-corrected chi connectivity index (χ4v) is 3.73. The van der Waals surface area contributed by atoms with Gasteiger partial charge in [-0.2, -0.15) is 0 Å². The summed E-state index contributed by atoms with van der Waals surface area (Å²) in [4.78, 5) is 4.14. The smallest absolute Gasteiger partial charge is 0.0451 e. The lowest BCUT2D eigenvalue weighted by Gasteiger charge is -2.30. The Bertz CT molecular complexity index is 456. The van der Waals surface area contributed by atoms with Gasteiger partial charge in [0.25, 0.3) is 0 Å². The van der Waals surface area contributed by atoms with E-state index in [4.69, 9.17) is 11.6 Å². The number of hydrogen-bond donors (Lipinski definition) is 0. The van der Waals surface area contributed by atoms with Gasteiger partial charge in [-0.3, -0.25) is 4.90 Å². The lowest BCUT2D eigenvalue weighted by Crippen LogP contribution is -2.31. The summed E-state index contributed by atoms with van der Waals surface area (Å²) < 4.78 is 0. The highest BCUT2D eigenvalue weighted by molar-refractivity contribution is 8.03. The van der Waals surface area contributed by atoms with Crippen LogP contribution in [-0.2, 0) is 6.54 Å². The van der Waals surface area contributed by atoms with E-state index in [2.05, 4.69) is 30.9 Å². The molecule has 0 saturated carbocycles. The van der Waals surface area contributed by atoms with Crippen molar-refractivity contribution in [3.05, 3.63) is 45.3 Å². The highest BCUT2D eigenvalue weighted by atomic mass is 35.5. The fraction of sp³-hybridized carbons (Fsp3) is 0.500. The maximum atomic E-state index is 6.25. The third-order valence-electron chi connectivity index (χ3n) is 3.56. The Hall–Kier alpha value is -0.440. The standard InChI is InChI=1S/C16H22ClNS/c1-3-13-11-18(10-9-16(13)19-4-2)12-14-7-5-6-8-15(14)17/h5-8H,3-4,9-12H2,1-2H3. The van der Waals surface area contributed by atoms with Crippen molar-refractivity contribution in [2.24, 2.45) is 0 Å². The second kappa shape index (κ2) is 7.37. The molecule has 1 heterocycles. The van der Waals surface area contributed by atoms with Crippen LogP contribution in [0.4, 0.5) is 0 Å². The number of hydrogen-bond acceptors (Lipinski definition) is 2. The van der Waals surface area contributed by atoms with Crippen molar-refractivity contribution in [2.75, 3.05) is 18.8 Å². The normalized spacial score (nSPS) is 17.0. The Labute approximate surface area is 126 Å². The van der Waals surface area contributed by atoms with E-state index < -0.39 is 0 Å². The van der Waals surface area contributed by atoms with Gasteiger partial charge in [0.1, 0.15) is 0 Å². The number of halogens is 1. The van der Waals surface area contributed by atoms with Crippen LogP contribution < -0.4 is 0 Å². The molecule has 0 atom stereocenters. The first kappa shape index (κ1) is 15.0. The molecule has 104 valence electrons. The number of benzene rings is 1. The van der Waals surface area contributed by atoms with Crippen molar-refractivity contribution in [2.45, 2.75) is 33.2 Å². The van der Waals surface area contributed by atoms with Crippen molar-refractivity contribution < 1.29 is 0 Å². The van der Waals surface area contributed by atoms with Crippen LogP contribution in [-0.4, -0.2) is 23.7 Å². The minimum absolute atomic E-state index is 0.887. The molecule has 0 bridgehead atoms. The Kier molecular flexibility index (Phi) is 5.80. The molecule has 19 heavy (non-hydrogen) atoms. The molecule has 0 aliphatic carbocycles. The minimum Gasteiger partial charge on any atom is -0.295 e. The maximum Gasteiger partial charge on any atom is 0.0451 e. The monoisotopic (exact) mass is 295 g/mol. The van der Waals surface area contributed by atoms with Gasteiger partial charge in [-0.25, -0.2) is 0 Å². The molecule has 3 heteroatoms. The highest BCUT2D eigenvalue weighted by Crippen LogP contribution is 2.30. The largest absolute Gasteiger partial charge is 0.295 e. The second-order valence-corrected chi connectivity index (χ2v) is 6.63. The first-order valence-corrected chi connectivity index (χ1v) is 8.40. The molecular formula is C16H22ClNS. The average molecular weight is 296 g/mol. The van der Waals surface area contributed by atoms with E-state index in [0.29, 0.717) is 0 Å². The third-order valence-corrected chi connectivity index (χ3v) is 5.06. The quantitative estimate of drug-likeness (QED) is 0.755. The SMILES string of the molecule is CCSC1=C(CC)CN(Cc2ccccc2Cl)CC1. The summed E-state index contributed by atoms with van der Waals surface area (Å²) in [6, 6.07) is 8.18. The molecule has 0 saturated heterocycles. The summed E-state index contributed by atoms with van der Waals surface area (Å²) >= 11 is 8.27. The van der Waals surface area contributed by atoms with Crippen LogP contribution in [0, 0.1) is 0 Å². The molecule has 0 spiro atoms. The first-order valence-electron chi connectivity index (χ1n) is 7.04. The van der Waals surface area contributed by atoms with Gasteiger partial charge in [0.15, 0.2) is 0 Å². The lowest BCUT2D eigenvalue weighted by molar-refractivity contribution is 0.278. The summed E-state index contributed by atoms with van der Waals surface area (Å²) in [5.41, 5.74) is 2.86. The fourth-order valence-electron chi connectivity index (χ4n) is 2.53. The average Bonchev–Trinajstić information content (AvgIpc) is 2.43. The van der Waals surface area contributed by atoms with Crippen molar-refractivity contribution in [1.29, 1.82) is 0 Å². The van der Waals surface area contributed by atoms with E-state index >= 15 is 0 Å². The predicted octanol–water partition coefficient (Wildman–Crippen LogP) is 4.96. The van der Waals surface area contributed by atoms with E-state index in [1.54, 1.807) is 10.5 Å². The Morgan fingerprint density at radius 2 is 2.05 bits per heavy atom. The summed E-state index contributed by atoms with van der Waals surface area (Å²) in [5, 5.41) is 0.887. The number of rotatable bonds is 5. The predicted molar refractivity (Wildman–Crippen MR) is 86.8 cm³/mol. The molecule has 1 aromatic rings. The van der Waals surface area contributed by atoms with E-state index in [9.17, 15) is 0 Å². The zero-order valence-electron chi connectivity index (χ0n) is 11.8. The second-order valence-electron chi connectivity index (χ2n) is 4.87. The number of thioether (sulfide) groups is 1. The topological polar surface area (TPSA) is 3.24 Å². The van der Waals surface area contributed by atoms with Crippen LogP contribution in [0.2, 0.25) is 5.02 Å². The minimum atomic E-state index is 0.887. The summed E-state index contributed by atoms with van der Waals surface area (Å²) in [6.45, 7) is 7.72. The summed E-state index contributed by atoms with van der Waals surface area (Å²) in [5.74, 6) is 1.18. The molecule has 1 aliphatic rings. The zero-order valence-corrected chi connectivity index (χ0v) is 13.4. The van der Waals surface area contributed by atoms with Crippen LogP contribution in [0.3, 0.4) is 0 Å². The van der Waals surface area contributed by atoms with E-state index in [0.717, 1.165) is 24.7 Å². The first-order chi connectivity index (χ1) is 9.24. The molecule has 0 unspecified atom stereocenters. The van der Waals surface area contributed by atoms with Gasteiger partial charge in [0.2, 0.25) is 0 Å². The third kappa shape index (κ3) is 4.01. The van der Waals surface area contributed by atoms with E-state index in [1.807, 2.05) is 23.9 Å².